The first-order chi connectivity index (χ1) is 15.4. The second-order valence-corrected chi connectivity index (χ2v) is 10.4. The number of hydrogen-bond acceptors (Lipinski definition) is 4. The van der Waals surface area contributed by atoms with Crippen LogP contribution < -0.4 is 9.04 Å². The summed E-state index contributed by atoms with van der Waals surface area (Å²) < 4.78 is 33.1. The number of rotatable bonds is 7. The molecule has 5 rings (SSSR count). The minimum Gasteiger partial charge on any atom is -0.497 e. The van der Waals surface area contributed by atoms with Crippen molar-refractivity contribution in [1.82, 2.24) is 4.90 Å². The molecule has 1 unspecified atom stereocenters. The number of nitrogens with zero attached hydrogens (tertiary/aromatic N) is 2. The average Bonchev–Trinajstić information content (AvgIpc) is 3.62. The maximum atomic E-state index is 13.6. The molecule has 3 aromatic rings. The highest BCUT2D eigenvalue weighted by atomic mass is 32.2. The second kappa shape index (κ2) is 7.81. The Kier molecular flexibility index (Phi) is 5.08. The van der Waals surface area contributed by atoms with E-state index in [1.54, 1.807) is 25.3 Å². The molecular weight excluding hydrogens is 424 g/mol. The van der Waals surface area contributed by atoms with Gasteiger partial charge >= 0.3 is 0 Å². The summed E-state index contributed by atoms with van der Waals surface area (Å²) in [7, 11) is -2.15. The van der Waals surface area contributed by atoms with Crippen molar-refractivity contribution in [2.75, 3.05) is 18.0 Å². The van der Waals surface area contributed by atoms with E-state index in [1.807, 2.05) is 47.4 Å². The molecule has 0 saturated heterocycles. The predicted octanol–water partition coefficient (Wildman–Crippen LogP) is 4.18. The SMILES string of the molecule is COc1ccc(CN(C(=O)CN2c3cccc4cccc(c34)S2(=O)=O)C(C)C2CC2)cc1. The van der Waals surface area contributed by atoms with Crippen molar-refractivity contribution in [2.45, 2.75) is 37.2 Å². The zero-order valence-electron chi connectivity index (χ0n) is 18.2. The van der Waals surface area contributed by atoms with E-state index in [9.17, 15) is 13.2 Å². The van der Waals surface area contributed by atoms with Gasteiger partial charge in [0.25, 0.3) is 10.0 Å². The minimum absolute atomic E-state index is 0.0491. The van der Waals surface area contributed by atoms with Gasteiger partial charge in [0.2, 0.25) is 5.91 Å². The number of ether oxygens (including phenoxy) is 1. The number of methoxy groups -OCH3 is 1. The van der Waals surface area contributed by atoms with Crippen LogP contribution in [0.3, 0.4) is 0 Å². The van der Waals surface area contributed by atoms with E-state index in [-0.39, 0.29) is 23.4 Å². The zero-order chi connectivity index (χ0) is 22.5. The Morgan fingerprint density at radius 2 is 1.78 bits per heavy atom. The first-order valence-electron chi connectivity index (χ1n) is 10.9. The van der Waals surface area contributed by atoms with E-state index in [0.717, 1.165) is 29.5 Å². The van der Waals surface area contributed by atoms with Gasteiger partial charge in [-0.3, -0.25) is 9.10 Å². The summed E-state index contributed by atoms with van der Waals surface area (Å²) in [5, 5.41) is 1.56. The van der Waals surface area contributed by atoms with E-state index in [2.05, 4.69) is 6.92 Å². The molecular formula is C25H26N2O4S. The van der Waals surface area contributed by atoms with Crippen molar-refractivity contribution in [1.29, 1.82) is 0 Å². The monoisotopic (exact) mass is 450 g/mol. The van der Waals surface area contributed by atoms with Crippen molar-refractivity contribution in [3.63, 3.8) is 0 Å². The molecule has 2 aliphatic rings. The van der Waals surface area contributed by atoms with Gasteiger partial charge in [0, 0.05) is 18.0 Å². The molecule has 1 fully saturated rings. The summed E-state index contributed by atoms with van der Waals surface area (Å²) in [5.74, 6) is 1.04. The number of hydrogen-bond donors (Lipinski definition) is 0. The molecule has 0 N–H and O–H groups in total. The molecule has 6 nitrogen and oxygen atoms in total. The maximum absolute atomic E-state index is 13.6. The molecule has 0 bridgehead atoms. The van der Waals surface area contributed by atoms with E-state index in [0.29, 0.717) is 23.5 Å². The fourth-order valence-corrected chi connectivity index (χ4v) is 6.22. The lowest BCUT2D eigenvalue weighted by Gasteiger charge is -2.31. The Bertz CT molecular complexity index is 1280. The highest BCUT2D eigenvalue weighted by Gasteiger charge is 2.40. The normalized spacial score (nSPS) is 17.4. The van der Waals surface area contributed by atoms with Crippen LogP contribution in [0.4, 0.5) is 5.69 Å². The topological polar surface area (TPSA) is 66.9 Å². The predicted molar refractivity (Wildman–Crippen MR) is 124 cm³/mol. The summed E-state index contributed by atoms with van der Waals surface area (Å²) in [6.07, 6.45) is 2.20. The highest BCUT2D eigenvalue weighted by Crippen LogP contribution is 2.42. The van der Waals surface area contributed by atoms with Gasteiger partial charge in [-0.2, -0.15) is 0 Å². The van der Waals surface area contributed by atoms with Crippen LogP contribution in [0.25, 0.3) is 10.8 Å². The largest absolute Gasteiger partial charge is 0.497 e. The fraction of sp³-hybridized carbons (Fsp3) is 0.320. The molecule has 0 aromatic heterocycles. The van der Waals surface area contributed by atoms with Crippen LogP contribution in [0.15, 0.2) is 65.6 Å². The highest BCUT2D eigenvalue weighted by molar-refractivity contribution is 7.93. The number of benzene rings is 3. The van der Waals surface area contributed by atoms with Crippen molar-refractivity contribution in [3.8, 4) is 5.75 Å². The first kappa shape index (κ1) is 20.8. The third-order valence-corrected chi connectivity index (χ3v) is 8.39. The van der Waals surface area contributed by atoms with Crippen LogP contribution in [-0.4, -0.2) is 38.9 Å². The van der Waals surface area contributed by atoms with E-state index in [4.69, 9.17) is 4.74 Å². The van der Waals surface area contributed by atoms with Gasteiger partial charge in [0.05, 0.1) is 17.7 Å². The van der Waals surface area contributed by atoms with Gasteiger partial charge in [0.15, 0.2) is 0 Å². The Morgan fingerprint density at radius 3 is 2.44 bits per heavy atom. The zero-order valence-corrected chi connectivity index (χ0v) is 19.0. The number of amides is 1. The summed E-state index contributed by atoms with van der Waals surface area (Å²) in [6, 6.07) is 18.5. The lowest BCUT2D eigenvalue weighted by molar-refractivity contribution is -0.132. The van der Waals surface area contributed by atoms with E-state index >= 15 is 0 Å². The summed E-state index contributed by atoms with van der Waals surface area (Å²) in [4.78, 5) is 15.7. The van der Waals surface area contributed by atoms with Gasteiger partial charge in [-0.25, -0.2) is 8.42 Å². The van der Waals surface area contributed by atoms with Crippen LogP contribution in [0, 0.1) is 5.92 Å². The van der Waals surface area contributed by atoms with Gasteiger partial charge in [0.1, 0.15) is 12.3 Å². The summed E-state index contributed by atoms with van der Waals surface area (Å²) in [5.41, 5.74) is 1.57. The maximum Gasteiger partial charge on any atom is 0.265 e. The Balaban J connectivity index is 1.45. The van der Waals surface area contributed by atoms with Crippen LogP contribution in [0.1, 0.15) is 25.3 Å². The minimum atomic E-state index is -3.77. The summed E-state index contributed by atoms with van der Waals surface area (Å²) >= 11 is 0. The van der Waals surface area contributed by atoms with Gasteiger partial charge in [-0.05, 0) is 60.9 Å². The number of anilines is 1. The second-order valence-electron chi connectivity index (χ2n) is 8.59. The van der Waals surface area contributed by atoms with Crippen molar-refractivity contribution in [3.05, 3.63) is 66.2 Å². The molecule has 166 valence electrons. The number of carbonyl (C=O) groups excluding carboxylic acids is 1. The Morgan fingerprint density at radius 1 is 1.09 bits per heavy atom. The van der Waals surface area contributed by atoms with Crippen LogP contribution in [-0.2, 0) is 21.4 Å². The molecule has 1 aliphatic heterocycles. The molecule has 1 aliphatic carbocycles. The molecule has 7 heteroatoms. The van der Waals surface area contributed by atoms with Crippen LogP contribution >= 0.6 is 0 Å². The standard InChI is InChI=1S/C25H26N2O4S/c1-17(19-11-12-19)26(15-18-9-13-21(31-2)14-10-18)24(28)16-27-22-7-3-5-20-6-4-8-23(25(20)22)32(27,29)30/h3-10,13-14,17,19H,11-12,15-16H2,1-2H3. The van der Waals surface area contributed by atoms with Crippen LogP contribution in [0.5, 0.6) is 5.75 Å². The van der Waals surface area contributed by atoms with Crippen molar-refractivity contribution >= 4 is 32.4 Å². The third kappa shape index (κ3) is 3.50. The fourth-order valence-electron chi connectivity index (χ4n) is 4.56. The molecule has 1 heterocycles. The average molecular weight is 451 g/mol. The quantitative estimate of drug-likeness (QED) is 0.542. The smallest absolute Gasteiger partial charge is 0.265 e. The molecule has 1 atom stereocenters. The molecule has 0 spiro atoms. The number of sulfonamides is 1. The molecule has 3 aromatic carbocycles. The van der Waals surface area contributed by atoms with E-state index < -0.39 is 10.0 Å². The lowest BCUT2D eigenvalue weighted by atomic mass is 10.1. The van der Waals surface area contributed by atoms with Gasteiger partial charge in [-0.1, -0.05) is 36.4 Å². The third-order valence-electron chi connectivity index (χ3n) is 6.59. The first-order valence-corrected chi connectivity index (χ1v) is 12.3. The molecule has 0 radical (unpaired) electrons. The van der Waals surface area contributed by atoms with Gasteiger partial charge < -0.3 is 9.64 Å². The molecule has 1 amide bonds. The molecule has 32 heavy (non-hydrogen) atoms. The van der Waals surface area contributed by atoms with E-state index in [1.165, 1.54) is 4.31 Å². The van der Waals surface area contributed by atoms with Crippen molar-refractivity contribution < 1.29 is 17.9 Å². The van der Waals surface area contributed by atoms with Crippen LogP contribution in [0.2, 0.25) is 0 Å². The number of carbonyl (C=O) groups is 1. The Labute approximate surface area is 188 Å². The lowest BCUT2D eigenvalue weighted by Crippen LogP contribution is -2.46. The van der Waals surface area contributed by atoms with Gasteiger partial charge in [-0.15, -0.1) is 0 Å². The summed E-state index contributed by atoms with van der Waals surface area (Å²) in [6.45, 7) is 2.29. The van der Waals surface area contributed by atoms with Crippen molar-refractivity contribution in [2.24, 2.45) is 5.92 Å². The Hall–Kier alpha value is -3.06. The molecule has 1 saturated carbocycles.